The van der Waals surface area contributed by atoms with Crippen LogP contribution in [0.4, 0.5) is 11.4 Å². The summed E-state index contributed by atoms with van der Waals surface area (Å²) in [6.45, 7) is 2.84. The molecule has 0 heterocycles. The Labute approximate surface area is 207 Å². The van der Waals surface area contributed by atoms with Crippen molar-refractivity contribution in [2.24, 2.45) is 0 Å². The van der Waals surface area contributed by atoms with E-state index >= 15 is 0 Å². The zero-order chi connectivity index (χ0) is 27.4. The van der Waals surface area contributed by atoms with Crippen LogP contribution in [0, 0.1) is 12.3 Å². The molecule has 0 atom stereocenters. The zero-order valence-electron chi connectivity index (χ0n) is 18.7. The molecule has 15 heteroatoms. The summed E-state index contributed by atoms with van der Waals surface area (Å²) in [5.74, 6) is 0. The third-order valence-corrected chi connectivity index (χ3v) is 8.04. The number of allylic oxidation sites excluding steroid dienone is 5. The largest absolute Gasteiger partial charge is 0.398 e. The lowest BCUT2D eigenvalue weighted by Gasteiger charge is -2.20. The van der Waals surface area contributed by atoms with Crippen LogP contribution in [0.2, 0.25) is 0 Å². The maximum absolute atomic E-state index is 12.0. The molecule has 0 saturated heterocycles. The smallest absolute Gasteiger partial charge is 0.296 e. The van der Waals surface area contributed by atoms with Crippen molar-refractivity contribution in [1.82, 2.24) is 0 Å². The maximum atomic E-state index is 12.0. The van der Waals surface area contributed by atoms with Crippen molar-refractivity contribution in [3.05, 3.63) is 75.2 Å². The van der Waals surface area contributed by atoms with Gasteiger partial charge in [-0.25, -0.2) is 0 Å². The second-order valence-corrected chi connectivity index (χ2v) is 12.1. The molecule has 2 aromatic carbocycles. The molecule has 0 saturated carbocycles. The lowest BCUT2D eigenvalue weighted by atomic mass is 9.88. The van der Waals surface area contributed by atoms with Gasteiger partial charge in [0.15, 0.2) is 0 Å². The van der Waals surface area contributed by atoms with Crippen LogP contribution in [0.1, 0.15) is 23.6 Å². The number of hydrogen-bond acceptors (Lipinski definition) is 9. The summed E-state index contributed by atoms with van der Waals surface area (Å²) < 4.78 is 100. The van der Waals surface area contributed by atoms with E-state index in [-0.39, 0.29) is 44.8 Å². The first-order valence-corrected chi connectivity index (χ1v) is 14.1. The Morgan fingerprint density at radius 2 is 1.33 bits per heavy atom. The first kappa shape index (κ1) is 27.3. The van der Waals surface area contributed by atoms with Crippen molar-refractivity contribution in [3.8, 4) is 0 Å². The lowest BCUT2D eigenvalue weighted by Crippen LogP contribution is -2.17. The molecule has 36 heavy (non-hydrogen) atoms. The van der Waals surface area contributed by atoms with E-state index in [0.717, 1.165) is 24.3 Å². The number of rotatable bonds is 5. The topological polar surface area (TPSA) is 239 Å². The molecule has 1 aliphatic rings. The second-order valence-electron chi connectivity index (χ2n) is 7.92. The summed E-state index contributed by atoms with van der Waals surface area (Å²) in [5, 5.41) is 8.01. The van der Waals surface area contributed by atoms with Crippen molar-refractivity contribution in [2.45, 2.75) is 23.6 Å². The van der Waals surface area contributed by atoms with E-state index in [9.17, 15) is 38.9 Å². The van der Waals surface area contributed by atoms with Crippen LogP contribution in [0.15, 0.2) is 68.3 Å². The molecular weight excluding hydrogens is 534 g/mol. The van der Waals surface area contributed by atoms with Crippen molar-refractivity contribution in [3.63, 3.8) is 0 Å². The van der Waals surface area contributed by atoms with Crippen LogP contribution in [-0.2, 0) is 30.4 Å². The van der Waals surface area contributed by atoms with Gasteiger partial charge in [-0.15, -0.1) is 0 Å². The van der Waals surface area contributed by atoms with Gasteiger partial charge in [0.1, 0.15) is 14.7 Å². The second kappa shape index (κ2) is 8.95. The van der Waals surface area contributed by atoms with Gasteiger partial charge in [0.25, 0.3) is 30.4 Å². The minimum atomic E-state index is -4.87. The van der Waals surface area contributed by atoms with Crippen LogP contribution >= 0.6 is 0 Å². The summed E-state index contributed by atoms with van der Waals surface area (Å²) in [7, 11) is -14.5. The Bertz CT molecular complexity index is 1750. The van der Waals surface area contributed by atoms with Crippen molar-refractivity contribution in [1.29, 1.82) is 5.41 Å². The minimum absolute atomic E-state index is 0.0147. The molecule has 0 amide bonds. The first-order chi connectivity index (χ1) is 16.3. The average Bonchev–Trinajstić information content (AvgIpc) is 2.71. The molecule has 0 aliphatic heterocycles. The zero-order valence-corrected chi connectivity index (χ0v) is 21.2. The Hall–Kier alpha value is -3.34. The molecule has 3 rings (SSSR count). The van der Waals surface area contributed by atoms with Gasteiger partial charge in [-0.3, -0.25) is 19.1 Å². The predicted octanol–water partition coefficient (Wildman–Crippen LogP) is 2.21. The van der Waals surface area contributed by atoms with Gasteiger partial charge in [0.2, 0.25) is 0 Å². The highest BCUT2D eigenvalue weighted by molar-refractivity contribution is 7.91. The standard InChI is InChI=1S/C21H21N3O9S3/c1-10-5-13(8-17(20(10)23)35(28,29)30)19(12-3-4-15(22)16(7-12)34(25,26)27)14-6-11(2)21(24)18(9-14)36(31,32)33/h3-9,23H,22,24H2,1-2H3,(H,25,26,27)(H,28,29,30)(H,31,32,33). The SMILES string of the molecule is CC1=CC(=C(c2ccc(N)c(S(=O)(=O)O)c2)c2cc(C)c(N)c(S(=O)(=O)O)c2)C=C(S(=O)(=O)O)C1=N. The van der Waals surface area contributed by atoms with E-state index in [1.165, 1.54) is 32.1 Å². The summed E-state index contributed by atoms with van der Waals surface area (Å²) in [4.78, 5) is -2.10. The molecule has 0 fully saturated rings. The Balaban J connectivity index is 2.57. The molecule has 8 N–H and O–H groups in total. The van der Waals surface area contributed by atoms with E-state index in [1.54, 1.807) is 0 Å². The van der Waals surface area contributed by atoms with Crippen molar-refractivity contribution >= 4 is 53.0 Å². The predicted molar refractivity (Wildman–Crippen MR) is 133 cm³/mol. The van der Waals surface area contributed by atoms with Crippen molar-refractivity contribution in [2.75, 3.05) is 11.5 Å². The van der Waals surface area contributed by atoms with Gasteiger partial charge in [-0.05, 0) is 83.7 Å². The number of aryl methyl sites for hydroxylation is 1. The monoisotopic (exact) mass is 555 g/mol. The maximum Gasteiger partial charge on any atom is 0.296 e. The Kier molecular flexibility index (Phi) is 6.78. The van der Waals surface area contributed by atoms with Crippen LogP contribution in [0.3, 0.4) is 0 Å². The molecular formula is C21H21N3O9S3. The summed E-state index contributed by atoms with van der Waals surface area (Å²) in [6, 6.07) is 5.86. The summed E-state index contributed by atoms with van der Waals surface area (Å²) in [5.41, 5.74) is 10.9. The minimum Gasteiger partial charge on any atom is -0.398 e. The fourth-order valence-corrected chi connectivity index (χ4v) is 5.69. The quantitative estimate of drug-likeness (QED) is 0.231. The Morgan fingerprint density at radius 3 is 1.86 bits per heavy atom. The van der Waals surface area contributed by atoms with Gasteiger partial charge < -0.3 is 11.5 Å². The van der Waals surface area contributed by atoms with E-state index in [4.69, 9.17) is 16.9 Å². The Morgan fingerprint density at radius 1 is 0.778 bits per heavy atom. The number of nitrogen functional groups attached to an aromatic ring is 2. The van der Waals surface area contributed by atoms with Gasteiger partial charge in [-0.2, -0.15) is 25.3 Å². The van der Waals surface area contributed by atoms with Crippen LogP contribution in [0.5, 0.6) is 0 Å². The number of benzene rings is 2. The highest BCUT2D eigenvalue weighted by atomic mass is 32.2. The number of nitrogens with two attached hydrogens (primary N) is 2. The number of nitrogens with one attached hydrogen (secondary N) is 1. The molecule has 0 bridgehead atoms. The van der Waals surface area contributed by atoms with E-state index in [2.05, 4.69) is 0 Å². The average molecular weight is 556 g/mol. The van der Waals surface area contributed by atoms with Crippen LogP contribution < -0.4 is 11.5 Å². The lowest BCUT2D eigenvalue weighted by molar-refractivity contribution is 0.481. The molecule has 192 valence electrons. The van der Waals surface area contributed by atoms with Gasteiger partial charge in [-0.1, -0.05) is 6.07 Å². The number of anilines is 2. The van der Waals surface area contributed by atoms with Gasteiger partial charge in [0, 0.05) is 0 Å². The molecule has 0 unspecified atom stereocenters. The van der Waals surface area contributed by atoms with E-state index < -0.39 is 50.8 Å². The van der Waals surface area contributed by atoms with E-state index in [1.807, 2.05) is 0 Å². The fraction of sp³-hybridized carbons (Fsp3) is 0.0952. The molecule has 1 aliphatic carbocycles. The highest BCUT2D eigenvalue weighted by Crippen LogP contribution is 2.37. The molecule has 0 spiro atoms. The molecule has 0 radical (unpaired) electrons. The molecule has 12 nitrogen and oxygen atoms in total. The van der Waals surface area contributed by atoms with Crippen LogP contribution in [-0.4, -0.2) is 44.6 Å². The molecule has 0 aromatic heterocycles. The third-order valence-electron chi connectivity index (χ3n) is 5.36. The van der Waals surface area contributed by atoms with Gasteiger partial charge >= 0.3 is 0 Å². The van der Waals surface area contributed by atoms with Gasteiger partial charge in [0.05, 0.1) is 17.1 Å². The van der Waals surface area contributed by atoms with Crippen molar-refractivity contribution < 1.29 is 38.9 Å². The van der Waals surface area contributed by atoms with E-state index in [0.29, 0.717) is 0 Å². The summed E-state index contributed by atoms with van der Waals surface area (Å²) >= 11 is 0. The number of hydrogen-bond donors (Lipinski definition) is 6. The summed E-state index contributed by atoms with van der Waals surface area (Å²) in [6.07, 6.45) is 2.30. The fourth-order valence-electron chi connectivity index (χ4n) is 3.64. The third kappa shape index (κ3) is 5.25. The molecule has 2 aromatic rings. The normalized spacial score (nSPS) is 16.4. The first-order valence-electron chi connectivity index (χ1n) is 9.78. The highest BCUT2D eigenvalue weighted by Gasteiger charge is 2.27. The van der Waals surface area contributed by atoms with Crippen LogP contribution in [0.25, 0.3) is 5.57 Å².